The molecule has 0 saturated carbocycles. The Morgan fingerprint density at radius 2 is 1.24 bits per heavy atom. The predicted molar refractivity (Wildman–Crippen MR) is 139 cm³/mol. The molecular formula is C28H26BrN2PS. The molecular weight excluding hydrogens is 507 g/mol. The second-order valence-corrected chi connectivity index (χ2v) is 12.3. The lowest BCUT2D eigenvalue weighted by molar-refractivity contribution is -0.490. The molecule has 2 heterocycles. The molecule has 3 aromatic carbocycles. The maximum Gasteiger partial charge on any atom is 0.286 e. The molecule has 0 atom stereocenters. The van der Waals surface area contributed by atoms with E-state index in [1.807, 2.05) is 0 Å². The smallest absolute Gasteiger partial charge is 0.286 e. The van der Waals surface area contributed by atoms with E-state index in [0.717, 1.165) is 13.0 Å². The lowest BCUT2D eigenvalue weighted by atomic mass is 10.1. The predicted octanol–water partition coefficient (Wildman–Crippen LogP) is 1.54. The molecule has 0 aliphatic heterocycles. The summed E-state index contributed by atoms with van der Waals surface area (Å²) in [5.41, 5.74) is 5.04. The van der Waals surface area contributed by atoms with Gasteiger partial charge < -0.3 is 17.0 Å². The molecule has 0 fully saturated rings. The lowest BCUT2D eigenvalue weighted by Gasteiger charge is -2.21. The Labute approximate surface area is 211 Å². The largest absolute Gasteiger partial charge is 1.00 e. The van der Waals surface area contributed by atoms with Crippen LogP contribution >= 0.6 is 6.04 Å². The van der Waals surface area contributed by atoms with Crippen LogP contribution in [0.3, 0.4) is 0 Å². The fourth-order valence-corrected chi connectivity index (χ4v) is 8.93. The van der Waals surface area contributed by atoms with E-state index in [1.165, 1.54) is 32.9 Å². The Balaban J connectivity index is 0.00000259. The Morgan fingerprint density at radius 3 is 1.82 bits per heavy atom. The van der Waals surface area contributed by atoms with Crippen LogP contribution in [0.5, 0.6) is 0 Å². The van der Waals surface area contributed by atoms with E-state index in [0.29, 0.717) is 0 Å². The lowest BCUT2D eigenvalue weighted by Crippen LogP contribution is -3.00. The fraction of sp³-hybridized carbons (Fsp3) is 0.107. The van der Waals surface area contributed by atoms with E-state index in [4.69, 9.17) is 11.8 Å². The average Bonchev–Trinajstić information content (AvgIpc) is 3.15. The van der Waals surface area contributed by atoms with Gasteiger partial charge in [-0.25, -0.2) is 4.57 Å². The number of fused-ring (bicyclic) bond motifs is 1. The van der Waals surface area contributed by atoms with Crippen molar-refractivity contribution in [1.29, 1.82) is 0 Å². The minimum Gasteiger partial charge on any atom is -1.00 e. The zero-order valence-corrected chi connectivity index (χ0v) is 21.8. The minimum absolute atomic E-state index is 0. The van der Waals surface area contributed by atoms with E-state index in [-0.39, 0.29) is 17.0 Å². The molecule has 5 heteroatoms. The molecule has 2 nitrogen and oxygen atoms in total. The first-order valence-electron chi connectivity index (χ1n) is 10.9. The van der Waals surface area contributed by atoms with Gasteiger partial charge in [-0.2, -0.15) is 4.40 Å². The monoisotopic (exact) mass is 532 g/mol. The summed E-state index contributed by atoms with van der Waals surface area (Å²) in [5, 5.41) is 2.45. The molecule has 2 aromatic heterocycles. The third-order valence-electron chi connectivity index (χ3n) is 6.08. The second kappa shape index (κ2) is 10.2. The van der Waals surface area contributed by atoms with Crippen LogP contribution in [-0.4, -0.2) is 4.57 Å². The quantitative estimate of drug-likeness (QED) is 0.238. The number of rotatable bonds is 6. The topological polar surface area (TPSA) is 9.03 Å². The standard InChI is InChI=1S/C28H26N2PS.BrH/c1-23-28(31(32,25-15-7-3-8-16-25)26-17-9-4-10-18-26)30-21-12-11-19-27(30)29(23)22-20-24-13-5-2-6-14-24;/h2-19,21H,20,22H2,1H3;1H/q+1;/p-1. The number of halogens is 1. The number of nitrogens with zero attached hydrogens (tertiary/aromatic N) is 2. The van der Waals surface area contributed by atoms with E-state index < -0.39 is 6.04 Å². The average molecular weight is 533 g/mol. The fourth-order valence-electron chi connectivity index (χ4n) is 4.52. The van der Waals surface area contributed by atoms with Gasteiger partial charge in [0.2, 0.25) is 0 Å². The van der Waals surface area contributed by atoms with Crippen LogP contribution in [0.1, 0.15) is 11.3 Å². The maximum absolute atomic E-state index is 6.68. The number of hydrogen-bond acceptors (Lipinski definition) is 1. The Kier molecular flexibility index (Phi) is 7.29. The zero-order valence-electron chi connectivity index (χ0n) is 18.5. The van der Waals surface area contributed by atoms with Crippen LogP contribution in [0, 0.1) is 6.92 Å². The molecule has 5 aromatic rings. The van der Waals surface area contributed by atoms with Crippen molar-refractivity contribution in [3.63, 3.8) is 0 Å². The van der Waals surface area contributed by atoms with Gasteiger partial charge in [0, 0.05) is 19.4 Å². The number of benzene rings is 3. The van der Waals surface area contributed by atoms with Crippen LogP contribution in [0.15, 0.2) is 115 Å². The third-order valence-corrected chi connectivity index (χ3v) is 11.0. The van der Waals surface area contributed by atoms with Gasteiger partial charge in [0.1, 0.15) is 5.69 Å². The number of aryl methyl sites for hydroxylation is 2. The summed E-state index contributed by atoms with van der Waals surface area (Å²) < 4.78 is 4.77. The molecule has 0 bridgehead atoms. The van der Waals surface area contributed by atoms with Gasteiger partial charge in [0.15, 0.2) is 5.44 Å². The molecule has 0 unspecified atom stereocenters. The molecule has 0 N–H and O–H groups in total. The molecule has 5 rings (SSSR count). The first-order valence-corrected chi connectivity index (χ1v) is 13.7. The van der Waals surface area contributed by atoms with E-state index in [1.54, 1.807) is 0 Å². The SMILES string of the molecule is Cc1c(P(=S)(c2ccccc2)c2ccccc2)[n+]2ccccc2n1CCc1ccccc1.[Br-]. The normalized spacial score (nSPS) is 11.3. The van der Waals surface area contributed by atoms with Crippen molar-refractivity contribution in [2.45, 2.75) is 19.9 Å². The van der Waals surface area contributed by atoms with Crippen molar-refractivity contribution in [3.8, 4) is 0 Å². The molecule has 0 amide bonds. The summed E-state index contributed by atoms with van der Waals surface area (Å²) in [6.45, 7) is 3.16. The molecule has 0 saturated heterocycles. The van der Waals surface area contributed by atoms with Gasteiger partial charge in [-0.05, 0) is 22.2 Å². The van der Waals surface area contributed by atoms with Gasteiger partial charge in [0.05, 0.1) is 18.8 Å². The maximum atomic E-state index is 6.68. The van der Waals surface area contributed by atoms with Crippen molar-refractivity contribution in [2.24, 2.45) is 0 Å². The van der Waals surface area contributed by atoms with Crippen LogP contribution in [0.25, 0.3) is 5.65 Å². The van der Waals surface area contributed by atoms with Crippen LogP contribution in [0.4, 0.5) is 0 Å². The van der Waals surface area contributed by atoms with Gasteiger partial charge >= 0.3 is 0 Å². The van der Waals surface area contributed by atoms with Crippen molar-refractivity contribution >= 4 is 39.5 Å². The van der Waals surface area contributed by atoms with Gasteiger partial charge in [-0.15, -0.1) is 0 Å². The van der Waals surface area contributed by atoms with Crippen LogP contribution in [0.2, 0.25) is 0 Å². The van der Waals surface area contributed by atoms with Crippen molar-refractivity contribution in [3.05, 3.63) is 127 Å². The molecule has 0 aliphatic carbocycles. The number of hydrogen-bond donors (Lipinski definition) is 0. The van der Waals surface area contributed by atoms with Crippen molar-refractivity contribution in [2.75, 3.05) is 0 Å². The number of pyridine rings is 1. The van der Waals surface area contributed by atoms with Gasteiger partial charge in [-0.3, -0.25) is 0 Å². The summed E-state index contributed by atoms with van der Waals surface area (Å²) in [6.07, 6.45) is 3.16. The minimum atomic E-state index is -2.26. The molecule has 0 radical (unpaired) electrons. The van der Waals surface area contributed by atoms with Crippen LogP contribution in [-0.2, 0) is 24.8 Å². The zero-order chi connectivity index (χ0) is 22.0. The highest BCUT2D eigenvalue weighted by Gasteiger charge is 2.36. The summed E-state index contributed by atoms with van der Waals surface area (Å²) in [7, 11) is 0. The van der Waals surface area contributed by atoms with Gasteiger partial charge in [-0.1, -0.05) is 109 Å². The van der Waals surface area contributed by atoms with Gasteiger partial charge in [0.25, 0.3) is 5.65 Å². The van der Waals surface area contributed by atoms with Crippen LogP contribution < -0.4 is 37.4 Å². The van der Waals surface area contributed by atoms with Crippen molar-refractivity contribution < 1.29 is 21.4 Å². The Hall–Kier alpha value is -2.52. The molecule has 33 heavy (non-hydrogen) atoms. The first-order chi connectivity index (χ1) is 15.7. The third kappa shape index (κ3) is 4.36. The number of imidazole rings is 1. The Bertz CT molecular complexity index is 1360. The molecule has 166 valence electrons. The molecule has 0 spiro atoms. The van der Waals surface area contributed by atoms with E-state index in [2.05, 4.69) is 131 Å². The summed E-state index contributed by atoms with van der Waals surface area (Å²) >= 11 is 6.68. The highest BCUT2D eigenvalue weighted by Crippen LogP contribution is 2.42. The summed E-state index contributed by atoms with van der Waals surface area (Å²) in [4.78, 5) is 0. The highest BCUT2D eigenvalue weighted by atomic mass is 79.9. The molecule has 0 aliphatic rings. The van der Waals surface area contributed by atoms with Crippen molar-refractivity contribution in [1.82, 2.24) is 4.57 Å². The first kappa shape index (κ1) is 23.6. The summed E-state index contributed by atoms with van der Waals surface area (Å²) in [5.74, 6) is 0. The second-order valence-electron chi connectivity index (χ2n) is 8.01. The number of aromatic nitrogens is 2. The Morgan fingerprint density at radius 1 is 0.727 bits per heavy atom. The highest BCUT2D eigenvalue weighted by molar-refractivity contribution is 8.25. The van der Waals surface area contributed by atoms with E-state index >= 15 is 0 Å². The van der Waals surface area contributed by atoms with E-state index in [9.17, 15) is 0 Å². The summed E-state index contributed by atoms with van der Waals surface area (Å²) in [6, 6.07) is 36.2.